The monoisotopic (exact) mass is 453 g/mol. The van der Waals surface area contributed by atoms with Crippen molar-refractivity contribution in [3.63, 3.8) is 0 Å². The van der Waals surface area contributed by atoms with E-state index >= 15 is 0 Å². The molecule has 2 aromatic heterocycles. The fourth-order valence-electron chi connectivity index (χ4n) is 4.31. The highest BCUT2D eigenvalue weighted by Crippen LogP contribution is 2.45. The maximum Gasteiger partial charge on any atom is 0.293 e. The van der Waals surface area contributed by atoms with Gasteiger partial charge in [0.25, 0.3) is 23.5 Å². The van der Waals surface area contributed by atoms with Crippen LogP contribution in [0.4, 0.5) is 14.5 Å². The maximum atomic E-state index is 13.3. The second-order valence-electron chi connectivity index (χ2n) is 8.34. The lowest BCUT2D eigenvalue weighted by atomic mass is 9.74. The SMILES string of the molecule is C#CC1(NC(=O)C(=O)c2c(C)c(C(=O)Nc3ccc4occc4c3)n(C)c2C)CC(F)(F)C1. The van der Waals surface area contributed by atoms with Gasteiger partial charge < -0.3 is 19.6 Å². The minimum Gasteiger partial charge on any atom is -0.464 e. The molecule has 0 atom stereocenters. The quantitative estimate of drug-likeness (QED) is 0.350. The first-order valence-electron chi connectivity index (χ1n) is 10.1. The number of fused-ring (bicyclic) bond motifs is 1. The second kappa shape index (κ2) is 7.59. The molecule has 33 heavy (non-hydrogen) atoms. The first-order chi connectivity index (χ1) is 15.5. The Morgan fingerprint density at radius 2 is 1.88 bits per heavy atom. The van der Waals surface area contributed by atoms with Crippen molar-refractivity contribution in [3.05, 3.63) is 53.0 Å². The Kier molecular flexibility index (Phi) is 5.12. The molecule has 0 radical (unpaired) electrons. The number of aromatic nitrogens is 1. The van der Waals surface area contributed by atoms with Crippen LogP contribution in [0.5, 0.6) is 0 Å². The van der Waals surface area contributed by atoms with Crippen molar-refractivity contribution in [1.82, 2.24) is 9.88 Å². The molecule has 1 aliphatic rings. The van der Waals surface area contributed by atoms with Gasteiger partial charge in [-0.25, -0.2) is 8.78 Å². The van der Waals surface area contributed by atoms with E-state index in [1.807, 2.05) is 0 Å². The fourth-order valence-corrected chi connectivity index (χ4v) is 4.31. The number of nitrogens with one attached hydrogen (secondary N) is 2. The third-order valence-corrected chi connectivity index (χ3v) is 6.04. The first kappa shape index (κ1) is 22.3. The summed E-state index contributed by atoms with van der Waals surface area (Å²) in [7, 11) is 1.60. The van der Waals surface area contributed by atoms with Crippen molar-refractivity contribution in [2.24, 2.45) is 7.05 Å². The third-order valence-electron chi connectivity index (χ3n) is 6.04. The molecular weight excluding hydrogens is 432 g/mol. The van der Waals surface area contributed by atoms with Crippen molar-refractivity contribution in [2.75, 3.05) is 5.32 Å². The number of hydrogen-bond acceptors (Lipinski definition) is 4. The van der Waals surface area contributed by atoms with Gasteiger partial charge in [-0.15, -0.1) is 6.42 Å². The molecule has 2 heterocycles. The number of carbonyl (C=O) groups is 3. The molecule has 2 amide bonds. The van der Waals surface area contributed by atoms with E-state index in [1.165, 1.54) is 4.57 Å². The van der Waals surface area contributed by atoms with Gasteiger partial charge in [-0.05, 0) is 43.7 Å². The molecular formula is C24H21F2N3O4. The van der Waals surface area contributed by atoms with Crippen molar-refractivity contribution >= 4 is 34.3 Å². The van der Waals surface area contributed by atoms with Crippen LogP contribution in [0.15, 0.2) is 34.9 Å². The number of furan rings is 1. The van der Waals surface area contributed by atoms with Crippen LogP contribution < -0.4 is 10.6 Å². The molecule has 1 fully saturated rings. The number of Topliss-reactive ketones (excluding diaryl/α,β-unsaturated/α-hetero) is 1. The minimum absolute atomic E-state index is 0.0312. The van der Waals surface area contributed by atoms with E-state index in [0.717, 1.165) is 5.39 Å². The van der Waals surface area contributed by atoms with Crippen LogP contribution >= 0.6 is 0 Å². The summed E-state index contributed by atoms with van der Waals surface area (Å²) in [4.78, 5) is 38.5. The zero-order valence-electron chi connectivity index (χ0n) is 18.2. The summed E-state index contributed by atoms with van der Waals surface area (Å²) in [6.07, 6.45) is 5.42. The van der Waals surface area contributed by atoms with Crippen molar-refractivity contribution in [2.45, 2.75) is 38.2 Å². The van der Waals surface area contributed by atoms with Crippen LogP contribution in [0.3, 0.4) is 0 Å². The van der Waals surface area contributed by atoms with E-state index < -0.39 is 41.9 Å². The van der Waals surface area contributed by atoms with Gasteiger partial charge in [0.15, 0.2) is 0 Å². The van der Waals surface area contributed by atoms with Crippen LogP contribution in [-0.2, 0) is 11.8 Å². The Bertz CT molecular complexity index is 1350. The van der Waals surface area contributed by atoms with Crippen LogP contribution in [-0.4, -0.2) is 33.6 Å². The molecule has 0 aliphatic heterocycles. The zero-order valence-corrected chi connectivity index (χ0v) is 18.2. The van der Waals surface area contributed by atoms with Crippen molar-refractivity contribution in [3.8, 4) is 12.3 Å². The lowest BCUT2D eigenvalue weighted by Gasteiger charge is -2.43. The summed E-state index contributed by atoms with van der Waals surface area (Å²) in [6, 6.07) is 6.91. The molecule has 7 nitrogen and oxygen atoms in total. The van der Waals surface area contributed by atoms with Crippen LogP contribution in [0, 0.1) is 26.2 Å². The van der Waals surface area contributed by atoms with Gasteiger partial charge in [-0.1, -0.05) is 5.92 Å². The van der Waals surface area contributed by atoms with E-state index in [9.17, 15) is 23.2 Å². The zero-order chi connectivity index (χ0) is 24.1. The largest absolute Gasteiger partial charge is 0.464 e. The number of rotatable bonds is 5. The van der Waals surface area contributed by atoms with Crippen molar-refractivity contribution in [1.29, 1.82) is 0 Å². The molecule has 0 spiro atoms. The lowest BCUT2D eigenvalue weighted by Crippen LogP contribution is -2.62. The molecule has 1 aromatic carbocycles. The highest BCUT2D eigenvalue weighted by molar-refractivity contribution is 6.44. The number of amides is 2. The summed E-state index contributed by atoms with van der Waals surface area (Å²) in [5, 5.41) is 5.87. The van der Waals surface area contributed by atoms with E-state index in [4.69, 9.17) is 10.8 Å². The summed E-state index contributed by atoms with van der Waals surface area (Å²) in [6.45, 7) is 3.15. The summed E-state index contributed by atoms with van der Waals surface area (Å²) < 4.78 is 33.5. The minimum atomic E-state index is -2.98. The molecule has 3 aromatic rings. The number of benzene rings is 1. The summed E-state index contributed by atoms with van der Waals surface area (Å²) >= 11 is 0. The van der Waals surface area contributed by atoms with E-state index in [2.05, 4.69) is 16.6 Å². The smallest absolute Gasteiger partial charge is 0.293 e. The van der Waals surface area contributed by atoms with Gasteiger partial charge in [-0.2, -0.15) is 0 Å². The Balaban J connectivity index is 1.58. The average molecular weight is 453 g/mol. The number of alkyl halides is 2. The topological polar surface area (TPSA) is 93.3 Å². The highest BCUT2D eigenvalue weighted by Gasteiger charge is 2.57. The predicted octanol–water partition coefficient (Wildman–Crippen LogP) is 3.74. The normalized spacial score (nSPS) is 16.0. The fraction of sp³-hybridized carbons (Fsp3) is 0.292. The molecule has 0 saturated heterocycles. The number of terminal acetylenes is 1. The number of halogens is 2. The number of ketones is 1. The van der Waals surface area contributed by atoms with Gasteiger partial charge in [-0.3, -0.25) is 14.4 Å². The Hall–Kier alpha value is -3.93. The molecule has 1 saturated carbocycles. The lowest BCUT2D eigenvalue weighted by molar-refractivity contribution is -0.133. The Labute approximate surface area is 188 Å². The summed E-state index contributed by atoms with van der Waals surface area (Å²) in [5.41, 5.74) is 0.550. The molecule has 1 aliphatic carbocycles. The standard InChI is InChI=1S/C24H21F2N3O4/c1-5-23(11-24(25,26)12-23)28-22(32)20(30)18-13(2)19(29(4)14(18)3)21(31)27-16-6-7-17-15(10-16)8-9-33-17/h1,6-10H,11-12H2,2-4H3,(H,27,31)(H,28,32). The summed E-state index contributed by atoms with van der Waals surface area (Å²) in [5.74, 6) is -3.31. The molecule has 170 valence electrons. The molecule has 4 rings (SSSR count). The number of carbonyl (C=O) groups excluding carboxylic acids is 3. The number of hydrogen-bond donors (Lipinski definition) is 2. The Morgan fingerprint density at radius 3 is 2.52 bits per heavy atom. The van der Waals surface area contributed by atoms with Gasteiger partial charge in [0.05, 0.1) is 11.8 Å². The van der Waals surface area contributed by atoms with Gasteiger partial charge >= 0.3 is 0 Å². The molecule has 0 unspecified atom stereocenters. The number of nitrogens with zero attached hydrogens (tertiary/aromatic N) is 1. The number of anilines is 1. The Morgan fingerprint density at radius 1 is 1.18 bits per heavy atom. The van der Waals surface area contributed by atoms with Crippen molar-refractivity contribution < 1.29 is 27.6 Å². The van der Waals surface area contributed by atoms with E-state index in [0.29, 0.717) is 22.5 Å². The van der Waals surface area contributed by atoms with Gasteiger partial charge in [0.1, 0.15) is 16.8 Å². The van der Waals surface area contributed by atoms with E-state index in [-0.39, 0.29) is 11.3 Å². The van der Waals surface area contributed by atoms with Crippen LogP contribution in [0.1, 0.15) is 44.9 Å². The molecule has 2 N–H and O–H groups in total. The van der Waals surface area contributed by atoms with Gasteiger partial charge in [0.2, 0.25) is 0 Å². The third kappa shape index (κ3) is 3.78. The maximum absolute atomic E-state index is 13.3. The van der Waals surface area contributed by atoms with Crippen LogP contribution in [0.2, 0.25) is 0 Å². The predicted molar refractivity (Wildman–Crippen MR) is 117 cm³/mol. The first-order valence-corrected chi connectivity index (χ1v) is 10.1. The molecule has 9 heteroatoms. The van der Waals surface area contributed by atoms with Gasteiger partial charge in [0, 0.05) is 36.7 Å². The second-order valence-corrected chi connectivity index (χ2v) is 8.34. The van der Waals surface area contributed by atoms with E-state index in [1.54, 1.807) is 51.4 Å². The molecule has 0 bridgehead atoms. The highest BCUT2D eigenvalue weighted by atomic mass is 19.3. The van der Waals surface area contributed by atoms with Crippen LogP contribution in [0.25, 0.3) is 11.0 Å². The average Bonchev–Trinajstić information content (AvgIpc) is 3.27.